The van der Waals surface area contributed by atoms with Crippen molar-refractivity contribution in [2.75, 3.05) is 0 Å². The molecule has 84 valence electrons. The average Bonchev–Trinajstić information content (AvgIpc) is 2.18. The Hall–Kier alpha value is -0.890. The van der Waals surface area contributed by atoms with Crippen LogP contribution in [0.1, 0.15) is 33.3 Å². The first kappa shape index (κ1) is 12.2. The van der Waals surface area contributed by atoms with Crippen molar-refractivity contribution in [1.82, 2.24) is 10.3 Å². The third-order valence-corrected chi connectivity index (χ3v) is 2.76. The number of hydrogen-bond donors (Lipinski definition) is 1. The molecule has 0 saturated carbocycles. The fraction of sp³-hybridized carbons (Fsp3) is 0.615. The Kier molecular flexibility index (Phi) is 4.76. The second kappa shape index (κ2) is 5.86. The van der Waals surface area contributed by atoms with Gasteiger partial charge in [-0.3, -0.25) is 4.98 Å². The maximum absolute atomic E-state index is 4.03. The van der Waals surface area contributed by atoms with Crippen LogP contribution in [0.5, 0.6) is 0 Å². The Bertz CT molecular complexity index is 269. The van der Waals surface area contributed by atoms with Gasteiger partial charge < -0.3 is 5.32 Å². The molecular weight excluding hydrogens is 184 g/mol. The molecule has 0 aliphatic rings. The van der Waals surface area contributed by atoms with Gasteiger partial charge in [-0.2, -0.15) is 0 Å². The minimum Gasteiger partial charge on any atom is -0.312 e. The number of hydrogen-bond acceptors (Lipinski definition) is 2. The molecule has 0 spiro atoms. The van der Waals surface area contributed by atoms with E-state index < -0.39 is 0 Å². The predicted molar refractivity (Wildman–Crippen MR) is 64.8 cm³/mol. The van der Waals surface area contributed by atoms with E-state index in [4.69, 9.17) is 0 Å². The Morgan fingerprint density at radius 1 is 1.13 bits per heavy atom. The van der Waals surface area contributed by atoms with Crippen LogP contribution in [0.3, 0.4) is 0 Å². The van der Waals surface area contributed by atoms with Gasteiger partial charge in [-0.25, -0.2) is 0 Å². The number of rotatable bonds is 5. The van der Waals surface area contributed by atoms with Crippen LogP contribution in [0.15, 0.2) is 24.5 Å². The van der Waals surface area contributed by atoms with E-state index in [1.807, 2.05) is 12.4 Å². The fourth-order valence-corrected chi connectivity index (χ4v) is 1.76. The largest absolute Gasteiger partial charge is 0.312 e. The number of pyridine rings is 1. The van der Waals surface area contributed by atoms with Crippen LogP contribution in [-0.2, 0) is 6.42 Å². The van der Waals surface area contributed by atoms with Crippen molar-refractivity contribution in [3.8, 4) is 0 Å². The van der Waals surface area contributed by atoms with E-state index in [0.29, 0.717) is 18.0 Å². The molecule has 1 aromatic heterocycles. The molecule has 1 rings (SSSR count). The molecule has 0 saturated heterocycles. The van der Waals surface area contributed by atoms with E-state index in [1.54, 1.807) is 0 Å². The molecule has 0 aromatic carbocycles. The zero-order valence-corrected chi connectivity index (χ0v) is 10.2. The van der Waals surface area contributed by atoms with E-state index in [0.717, 1.165) is 6.42 Å². The summed E-state index contributed by atoms with van der Waals surface area (Å²) in [5, 5.41) is 3.55. The number of aromatic nitrogens is 1. The molecule has 1 N–H and O–H groups in total. The highest BCUT2D eigenvalue weighted by Gasteiger charge is 2.12. The van der Waals surface area contributed by atoms with Crippen molar-refractivity contribution in [2.24, 2.45) is 5.92 Å². The molecule has 0 aliphatic heterocycles. The predicted octanol–water partition coefficient (Wildman–Crippen LogP) is 2.65. The highest BCUT2D eigenvalue weighted by Crippen LogP contribution is 2.11. The standard InChI is InChI=1S/C13H22N2/c1-10(2)15-12(4)11(3)9-13-5-7-14-8-6-13/h5-8,10-12,15H,9H2,1-4H3. The van der Waals surface area contributed by atoms with Gasteiger partial charge in [0.25, 0.3) is 0 Å². The quantitative estimate of drug-likeness (QED) is 0.801. The highest BCUT2D eigenvalue weighted by atomic mass is 14.9. The fourth-order valence-electron chi connectivity index (χ4n) is 1.76. The number of nitrogens with one attached hydrogen (secondary N) is 1. The van der Waals surface area contributed by atoms with Crippen molar-refractivity contribution >= 4 is 0 Å². The lowest BCUT2D eigenvalue weighted by Crippen LogP contribution is -2.37. The van der Waals surface area contributed by atoms with Crippen LogP contribution in [0.2, 0.25) is 0 Å². The molecule has 2 unspecified atom stereocenters. The summed E-state index contributed by atoms with van der Waals surface area (Å²) >= 11 is 0. The first-order chi connectivity index (χ1) is 7.09. The highest BCUT2D eigenvalue weighted by molar-refractivity contribution is 5.10. The smallest absolute Gasteiger partial charge is 0.0270 e. The van der Waals surface area contributed by atoms with Gasteiger partial charge >= 0.3 is 0 Å². The van der Waals surface area contributed by atoms with Crippen LogP contribution in [0.25, 0.3) is 0 Å². The SMILES string of the molecule is CC(C)NC(C)C(C)Cc1ccncc1. The summed E-state index contributed by atoms with van der Waals surface area (Å²) in [7, 11) is 0. The molecule has 2 nitrogen and oxygen atoms in total. The summed E-state index contributed by atoms with van der Waals surface area (Å²) in [6.07, 6.45) is 4.84. The molecule has 2 atom stereocenters. The van der Waals surface area contributed by atoms with Gasteiger partial charge in [-0.05, 0) is 37.0 Å². The first-order valence-electron chi connectivity index (χ1n) is 5.74. The van der Waals surface area contributed by atoms with Crippen LogP contribution in [0.4, 0.5) is 0 Å². The Morgan fingerprint density at radius 2 is 1.73 bits per heavy atom. The zero-order chi connectivity index (χ0) is 11.3. The summed E-state index contributed by atoms with van der Waals surface area (Å²) in [6.45, 7) is 8.93. The molecule has 0 amide bonds. The van der Waals surface area contributed by atoms with Gasteiger partial charge in [0.15, 0.2) is 0 Å². The van der Waals surface area contributed by atoms with Crippen LogP contribution in [0, 0.1) is 5.92 Å². The summed E-state index contributed by atoms with van der Waals surface area (Å²) in [5.41, 5.74) is 1.37. The Morgan fingerprint density at radius 3 is 2.27 bits per heavy atom. The normalized spacial score (nSPS) is 15.3. The molecule has 1 heterocycles. The second-order valence-electron chi connectivity index (χ2n) is 4.65. The lowest BCUT2D eigenvalue weighted by molar-refractivity contribution is 0.372. The summed E-state index contributed by atoms with van der Waals surface area (Å²) in [4.78, 5) is 4.03. The van der Waals surface area contributed by atoms with Crippen molar-refractivity contribution in [3.63, 3.8) is 0 Å². The maximum atomic E-state index is 4.03. The Labute approximate surface area is 93.1 Å². The van der Waals surface area contributed by atoms with E-state index in [9.17, 15) is 0 Å². The van der Waals surface area contributed by atoms with Crippen LogP contribution < -0.4 is 5.32 Å². The van der Waals surface area contributed by atoms with E-state index >= 15 is 0 Å². The lowest BCUT2D eigenvalue weighted by atomic mass is 9.95. The van der Waals surface area contributed by atoms with E-state index in [1.165, 1.54) is 5.56 Å². The molecular formula is C13H22N2. The molecule has 15 heavy (non-hydrogen) atoms. The molecule has 2 heteroatoms. The summed E-state index contributed by atoms with van der Waals surface area (Å²) in [6, 6.07) is 5.30. The van der Waals surface area contributed by atoms with Crippen LogP contribution >= 0.6 is 0 Å². The first-order valence-corrected chi connectivity index (χ1v) is 5.74. The molecule has 0 fully saturated rings. The van der Waals surface area contributed by atoms with Gasteiger partial charge in [0.1, 0.15) is 0 Å². The third kappa shape index (κ3) is 4.43. The van der Waals surface area contributed by atoms with Crippen LogP contribution in [-0.4, -0.2) is 17.1 Å². The monoisotopic (exact) mass is 206 g/mol. The van der Waals surface area contributed by atoms with Gasteiger partial charge in [-0.15, -0.1) is 0 Å². The minimum absolute atomic E-state index is 0.554. The molecule has 0 aliphatic carbocycles. The van der Waals surface area contributed by atoms with Crippen molar-refractivity contribution in [2.45, 2.75) is 46.2 Å². The Balaban J connectivity index is 2.45. The average molecular weight is 206 g/mol. The summed E-state index contributed by atoms with van der Waals surface area (Å²) in [5.74, 6) is 0.648. The van der Waals surface area contributed by atoms with Gasteiger partial charge in [0, 0.05) is 24.5 Å². The topological polar surface area (TPSA) is 24.9 Å². The number of nitrogens with zero attached hydrogens (tertiary/aromatic N) is 1. The van der Waals surface area contributed by atoms with Crippen molar-refractivity contribution < 1.29 is 0 Å². The van der Waals surface area contributed by atoms with Crippen molar-refractivity contribution in [1.29, 1.82) is 0 Å². The minimum atomic E-state index is 0.554. The second-order valence-corrected chi connectivity index (χ2v) is 4.65. The third-order valence-electron chi connectivity index (χ3n) is 2.76. The van der Waals surface area contributed by atoms with Gasteiger partial charge in [0.2, 0.25) is 0 Å². The molecule has 0 radical (unpaired) electrons. The maximum Gasteiger partial charge on any atom is 0.0270 e. The summed E-state index contributed by atoms with van der Waals surface area (Å²) < 4.78 is 0. The van der Waals surface area contributed by atoms with Gasteiger partial charge in [-0.1, -0.05) is 20.8 Å². The molecule has 0 bridgehead atoms. The zero-order valence-electron chi connectivity index (χ0n) is 10.2. The lowest BCUT2D eigenvalue weighted by Gasteiger charge is -2.23. The van der Waals surface area contributed by atoms with E-state index in [-0.39, 0.29) is 0 Å². The van der Waals surface area contributed by atoms with Gasteiger partial charge in [0.05, 0.1) is 0 Å². The van der Waals surface area contributed by atoms with Crippen molar-refractivity contribution in [3.05, 3.63) is 30.1 Å². The molecule has 1 aromatic rings. The van der Waals surface area contributed by atoms with E-state index in [2.05, 4.69) is 50.1 Å².